The summed E-state index contributed by atoms with van der Waals surface area (Å²) in [6.45, 7) is 4.60. The fourth-order valence-corrected chi connectivity index (χ4v) is 2.32. The minimum atomic E-state index is 0.00593. The summed E-state index contributed by atoms with van der Waals surface area (Å²) >= 11 is 0. The van der Waals surface area contributed by atoms with E-state index in [0.29, 0.717) is 12.5 Å². The van der Waals surface area contributed by atoms with Gasteiger partial charge in [-0.25, -0.2) is 0 Å². The highest BCUT2D eigenvalue weighted by Gasteiger charge is 2.29. The Labute approximate surface area is 90.8 Å². The molecule has 2 rings (SSSR count). The lowest BCUT2D eigenvalue weighted by Crippen LogP contribution is -2.45. The van der Waals surface area contributed by atoms with Gasteiger partial charge in [0.1, 0.15) is 0 Å². The Hall–Kier alpha value is -0.610. The van der Waals surface area contributed by atoms with E-state index in [-0.39, 0.29) is 18.1 Å². The fraction of sp³-hybridized carbons (Fsp3) is 0.909. The van der Waals surface area contributed by atoms with E-state index >= 15 is 0 Å². The molecule has 2 N–H and O–H groups in total. The molecule has 0 spiro atoms. The number of carbonyl (C=O) groups excluding carboxylic acids is 1. The average Bonchev–Trinajstić information content (AvgIpc) is 2.84. The van der Waals surface area contributed by atoms with Crippen molar-refractivity contribution in [3.05, 3.63) is 0 Å². The Bertz CT molecular complexity index is 227. The van der Waals surface area contributed by atoms with Crippen LogP contribution in [0.25, 0.3) is 0 Å². The second kappa shape index (κ2) is 4.94. The summed E-state index contributed by atoms with van der Waals surface area (Å²) in [7, 11) is 0. The van der Waals surface area contributed by atoms with E-state index in [0.717, 1.165) is 32.4 Å². The van der Waals surface area contributed by atoms with Crippen molar-refractivity contribution in [2.45, 2.75) is 38.3 Å². The highest BCUT2D eigenvalue weighted by Crippen LogP contribution is 2.15. The minimum Gasteiger partial charge on any atom is -0.376 e. The van der Waals surface area contributed by atoms with Gasteiger partial charge >= 0.3 is 0 Å². The molecule has 1 amide bonds. The summed E-state index contributed by atoms with van der Waals surface area (Å²) in [6.07, 6.45) is 3.54. The summed E-state index contributed by atoms with van der Waals surface area (Å²) in [6, 6.07) is 0.00593. The van der Waals surface area contributed by atoms with Crippen molar-refractivity contribution in [1.29, 1.82) is 0 Å². The third-order valence-corrected chi connectivity index (χ3v) is 3.34. The molecule has 3 atom stereocenters. The number of rotatable bonds is 3. The Balaban J connectivity index is 1.71. The van der Waals surface area contributed by atoms with Crippen LogP contribution in [0.5, 0.6) is 0 Å². The molecule has 2 aliphatic heterocycles. The van der Waals surface area contributed by atoms with Crippen LogP contribution in [0.2, 0.25) is 0 Å². The van der Waals surface area contributed by atoms with Crippen LogP contribution < -0.4 is 10.6 Å². The first-order valence-corrected chi connectivity index (χ1v) is 5.90. The van der Waals surface area contributed by atoms with Gasteiger partial charge in [-0.3, -0.25) is 4.79 Å². The standard InChI is InChI=1S/C11H20N2O2/c1-8-4-5-12-10(8)11(14)13-7-9-3-2-6-15-9/h8-10,12H,2-7H2,1H3,(H,13,14). The fourth-order valence-electron chi connectivity index (χ4n) is 2.32. The largest absolute Gasteiger partial charge is 0.376 e. The van der Waals surface area contributed by atoms with Gasteiger partial charge < -0.3 is 15.4 Å². The Kier molecular flexibility index (Phi) is 3.59. The zero-order valence-corrected chi connectivity index (χ0v) is 9.29. The number of amides is 1. The number of hydrogen-bond acceptors (Lipinski definition) is 3. The number of carbonyl (C=O) groups is 1. The van der Waals surface area contributed by atoms with Crippen LogP contribution in [0, 0.1) is 5.92 Å². The van der Waals surface area contributed by atoms with Crippen LogP contribution >= 0.6 is 0 Å². The molecule has 2 fully saturated rings. The molecule has 3 unspecified atom stereocenters. The molecule has 0 aromatic carbocycles. The Morgan fingerprint density at radius 1 is 1.53 bits per heavy atom. The second-order valence-electron chi connectivity index (χ2n) is 4.58. The van der Waals surface area contributed by atoms with Crippen molar-refractivity contribution in [1.82, 2.24) is 10.6 Å². The summed E-state index contributed by atoms with van der Waals surface area (Å²) in [5, 5.41) is 6.20. The van der Waals surface area contributed by atoms with E-state index < -0.39 is 0 Å². The lowest BCUT2D eigenvalue weighted by atomic mass is 10.0. The topological polar surface area (TPSA) is 50.4 Å². The van der Waals surface area contributed by atoms with E-state index in [9.17, 15) is 4.79 Å². The maximum atomic E-state index is 11.8. The first kappa shape index (κ1) is 10.9. The van der Waals surface area contributed by atoms with Crippen LogP contribution in [0.4, 0.5) is 0 Å². The minimum absolute atomic E-state index is 0.00593. The van der Waals surface area contributed by atoms with Crippen molar-refractivity contribution in [3.63, 3.8) is 0 Å². The van der Waals surface area contributed by atoms with E-state index in [2.05, 4.69) is 17.6 Å². The molecule has 0 aromatic heterocycles. The van der Waals surface area contributed by atoms with Crippen LogP contribution in [0.1, 0.15) is 26.2 Å². The molecule has 4 heteroatoms. The van der Waals surface area contributed by atoms with Crippen LogP contribution in [0.15, 0.2) is 0 Å². The molecule has 0 bridgehead atoms. The normalized spacial score (nSPS) is 35.7. The van der Waals surface area contributed by atoms with Gasteiger partial charge in [0.05, 0.1) is 12.1 Å². The molecule has 86 valence electrons. The molecule has 15 heavy (non-hydrogen) atoms. The van der Waals surface area contributed by atoms with Crippen molar-refractivity contribution in [3.8, 4) is 0 Å². The smallest absolute Gasteiger partial charge is 0.237 e. The van der Waals surface area contributed by atoms with Crippen LogP contribution in [-0.4, -0.2) is 37.7 Å². The predicted molar refractivity (Wildman–Crippen MR) is 57.6 cm³/mol. The average molecular weight is 212 g/mol. The molecule has 2 aliphatic rings. The van der Waals surface area contributed by atoms with Gasteiger partial charge in [0, 0.05) is 13.2 Å². The molecular formula is C11H20N2O2. The van der Waals surface area contributed by atoms with Crippen molar-refractivity contribution in [2.24, 2.45) is 5.92 Å². The van der Waals surface area contributed by atoms with E-state index in [4.69, 9.17) is 4.74 Å². The molecule has 2 heterocycles. The van der Waals surface area contributed by atoms with Gasteiger partial charge in [0.2, 0.25) is 5.91 Å². The van der Waals surface area contributed by atoms with Crippen molar-refractivity contribution in [2.75, 3.05) is 19.7 Å². The first-order chi connectivity index (χ1) is 7.27. The molecule has 4 nitrogen and oxygen atoms in total. The number of ether oxygens (including phenoxy) is 1. The van der Waals surface area contributed by atoms with Crippen LogP contribution in [-0.2, 0) is 9.53 Å². The van der Waals surface area contributed by atoms with Gasteiger partial charge in [-0.05, 0) is 31.7 Å². The summed E-state index contributed by atoms with van der Waals surface area (Å²) in [4.78, 5) is 11.8. The molecule has 0 aliphatic carbocycles. The number of hydrogen-bond donors (Lipinski definition) is 2. The Morgan fingerprint density at radius 3 is 3.00 bits per heavy atom. The molecular weight excluding hydrogens is 192 g/mol. The van der Waals surface area contributed by atoms with Crippen LogP contribution in [0.3, 0.4) is 0 Å². The molecule has 2 saturated heterocycles. The van der Waals surface area contributed by atoms with E-state index in [1.165, 1.54) is 0 Å². The van der Waals surface area contributed by atoms with Gasteiger partial charge in [0.15, 0.2) is 0 Å². The summed E-state index contributed by atoms with van der Waals surface area (Å²) in [5.74, 6) is 0.588. The van der Waals surface area contributed by atoms with E-state index in [1.807, 2.05) is 0 Å². The molecule has 0 saturated carbocycles. The Morgan fingerprint density at radius 2 is 2.40 bits per heavy atom. The third kappa shape index (κ3) is 2.69. The second-order valence-corrected chi connectivity index (χ2v) is 4.58. The van der Waals surface area contributed by atoms with Gasteiger partial charge in [0.25, 0.3) is 0 Å². The first-order valence-electron chi connectivity index (χ1n) is 5.90. The summed E-state index contributed by atoms with van der Waals surface area (Å²) < 4.78 is 5.46. The highest BCUT2D eigenvalue weighted by molar-refractivity contribution is 5.82. The van der Waals surface area contributed by atoms with Gasteiger partial charge in [-0.15, -0.1) is 0 Å². The molecule has 0 radical (unpaired) electrons. The van der Waals surface area contributed by atoms with Gasteiger partial charge in [-0.1, -0.05) is 6.92 Å². The summed E-state index contributed by atoms with van der Waals surface area (Å²) in [5.41, 5.74) is 0. The maximum Gasteiger partial charge on any atom is 0.237 e. The quantitative estimate of drug-likeness (QED) is 0.706. The number of nitrogens with one attached hydrogen (secondary N) is 2. The molecule has 0 aromatic rings. The highest BCUT2D eigenvalue weighted by atomic mass is 16.5. The monoisotopic (exact) mass is 212 g/mol. The predicted octanol–water partition coefficient (Wildman–Crippen LogP) is 0.280. The maximum absolute atomic E-state index is 11.8. The SMILES string of the molecule is CC1CCNC1C(=O)NCC1CCCO1. The van der Waals surface area contributed by atoms with Gasteiger partial charge in [-0.2, -0.15) is 0 Å². The van der Waals surface area contributed by atoms with Crippen molar-refractivity contribution < 1.29 is 9.53 Å². The van der Waals surface area contributed by atoms with Crippen molar-refractivity contribution >= 4 is 5.91 Å². The lowest BCUT2D eigenvalue weighted by molar-refractivity contribution is -0.124. The lowest BCUT2D eigenvalue weighted by Gasteiger charge is -2.17. The third-order valence-electron chi connectivity index (χ3n) is 3.34. The zero-order chi connectivity index (χ0) is 10.7. The van der Waals surface area contributed by atoms with E-state index in [1.54, 1.807) is 0 Å². The zero-order valence-electron chi connectivity index (χ0n) is 9.29.